The predicted octanol–water partition coefficient (Wildman–Crippen LogP) is 1.89. The average Bonchev–Trinajstić information content (AvgIpc) is 3.00. The summed E-state index contributed by atoms with van der Waals surface area (Å²) in [5.41, 5.74) is 2.09. The standard InChI is InChI=1S/C19H23N3O2/c1-21-17(9-11-20-21)7-8-19(24)22-12-10-18(23)16(14-22)13-15-5-3-2-4-6-15/h2-9,11,16,18,23H,10,12-14H2,1H3/b8-7+/t16-,18+/m1/s1. The van der Waals surface area contributed by atoms with Gasteiger partial charge < -0.3 is 10.0 Å². The Kier molecular flexibility index (Phi) is 5.11. The summed E-state index contributed by atoms with van der Waals surface area (Å²) in [5.74, 6) is 0.0661. The molecule has 2 heterocycles. The van der Waals surface area contributed by atoms with Gasteiger partial charge in [-0.2, -0.15) is 5.10 Å². The van der Waals surface area contributed by atoms with E-state index in [9.17, 15) is 9.90 Å². The number of aliphatic hydroxyl groups excluding tert-OH is 1. The Labute approximate surface area is 142 Å². The average molecular weight is 325 g/mol. The second-order valence-corrected chi connectivity index (χ2v) is 6.30. The number of carbonyl (C=O) groups is 1. The minimum Gasteiger partial charge on any atom is -0.393 e. The fourth-order valence-electron chi connectivity index (χ4n) is 3.15. The summed E-state index contributed by atoms with van der Waals surface area (Å²) in [4.78, 5) is 14.3. The molecule has 0 aliphatic carbocycles. The highest BCUT2D eigenvalue weighted by molar-refractivity contribution is 5.91. The second kappa shape index (κ2) is 7.45. The zero-order valence-corrected chi connectivity index (χ0v) is 13.9. The fraction of sp³-hybridized carbons (Fsp3) is 0.368. The number of likely N-dealkylation sites (tertiary alicyclic amines) is 1. The highest BCUT2D eigenvalue weighted by atomic mass is 16.3. The molecule has 1 amide bonds. The summed E-state index contributed by atoms with van der Waals surface area (Å²) < 4.78 is 1.72. The van der Waals surface area contributed by atoms with Gasteiger partial charge in [-0.05, 0) is 30.5 Å². The van der Waals surface area contributed by atoms with Gasteiger partial charge in [0.25, 0.3) is 0 Å². The van der Waals surface area contributed by atoms with Crippen LogP contribution >= 0.6 is 0 Å². The van der Waals surface area contributed by atoms with Crippen LogP contribution in [0.3, 0.4) is 0 Å². The quantitative estimate of drug-likeness (QED) is 0.873. The summed E-state index contributed by atoms with van der Waals surface area (Å²) in [7, 11) is 1.84. The maximum absolute atomic E-state index is 12.4. The van der Waals surface area contributed by atoms with Crippen LogP contribution in [0.1, 0.15) is 17.7 Å². The van der Waals surface area contributed by atoms with E-state index in [1.807, 2.05) is 36.2 Å². The molecule has 0 unspecified atom stereocenters. The molecule has 1 aliphatic rings. The van der Waals surface area contributed by atoms with E-state index in [0.29, 0.717) is 19.5 Å². The fourth-order valence-corrected chi connectivity index (χ4v) is 3.15. The normalized spacial score (nSPS) is 21.3. The van der Waals surface area contributed by atoms with E-state index in [4.69, 9.17) is 0 Å². The van der Waals surface area contributed by atoms with Crippen molar-refractivity contribution < 1.29 is 9.90 Å². The minimum atomic E-state index is -0.352. The largest absolute Gasteiger partial charge is 0.393 e. The summed E-state index contributed by atoms with van der Waals surface area (Å²) in [5, 5.41) is 14.4. The molecule has 1 aliphatic heterocycles. The van der Waals surface area contributed by atoms with Crippen molar-refractivity contribution in [2.24, 2.45) is 13.0 Å². The first-order valence-electron chi connectivity index (χ1n) is 8.30. The lowest BCUT2D eigenvalue weighted by Crippen LogP contribution is -2.46. The first-order valence-corrected chi connectivity index (χ1v) is 8.30. The van der Waals surface area contributed by atoms with Crippen LogP contribution in [0, 0.1) is 5.92 Å². The van der Waals surface area contributed by atoms with E-state index < -0.39 is 0 Å². The Morgan fingerprint density at radius 1 is 1.33 bits per heavy atom. The van der Waals surface area contributed by atoms with E-state index in [1.54, 1.807) is 23.0 Å². The Bertz CT molecular complexity index is 708. The van der Waals surface area contributed by atoms with Crippen LogP contribution in [0.4, 0.5) is 0 Å². The van der Waals surface area contributed by atoms with Gasteiger partial charge in [-0.3, -0.25) is 9.48 Å². The van der Waals surface area contributed by atoms with Crippen LogP contribution in [0.5, 0.6) is 0 Å². The van der Waals surface area contributed by atoms with Gasteiger partial charge in [0.05, 0.1) is 11.8 Å². The number of carbonyl (C=O) groups excluding carboxylic acids is 1. The third-order valence-corrected chi connectivity index (χ3v) is 4.60. The van der Waals surface area contributed by atoms with Crippen molar-refractivity contribution in [2.75, 3.05) is 13.1 Å². The number of nitrogens with zero attached hydrogens (tertiary/aromatic N) is 3. The summed E-state index contributed by atoms with van der Waals surface area (Å²) in [6.07, 6.45) is 6.15. The molecule has 1 N–H and O–H groups in total. The maximum Gasteiger partial charge on any atom is 0.246 e. The smallest absolute Gasteiger partial charge is 0.246 e. The number of aromatic nitrogens is 2. The van der Waals surface area contributed by atoms with Crippen molar-refractivity contribution in [1.29, 1.82) is 0 Å². The van der Waals surface area contributed by atoms with Gasteiger partial charge in [-0.25, -0.2) is 0 Å². The molecule has 5 heteroatoms. The molecule has 1 aromatic heterocycles. The van der Waals surface area contributed by atoms with Crippen molar-refractivity contribution in [3.8, 4) is 0 Å². The van der Waals surface area contributed by atoms with Crippen LogP contribution in [-0.4, -0.2) is 44.9 Å². The van der Waals surface area contributed by atoms with E-state index in [1.165, 1.54) is 5.56 Å². The molecule has 2 atom stereocenters. The van der Waals surface area contributed by atoms with Crippen LogP contribution in [0.2, 0.25) is 0 Å². The zero-order chi connectivity index (χ0) is 16.9. The highest BCUT2D eigenvalue weighted by Gasteiger charge is 2.29. The van der Waals surface area contributed by atoms with Gasteiger partial charge in [-0.15, -0.1) is 0 Å². The number of hydrogen-bond donors (Lipinski definition) is 1. The van der Waals surface area contributed by atoms with E-state index in [2.05, 4.69) is 17.2 Å². The Morgan fingerprint density at radius 3 is 2.83 bits per heavy atom. The van der Waals surface area contributed by atoms with Gasteiger partial charge in [0.1, 0.15) is 0 Å². The lowest BCUT2D eigenvalue weighted by molar-refractivity contribution is -0.129. The topological polar surface area (TPSA) is 58.4 Å². The van der Waals surface area contributed by atoms with Crippen molar-refractivity contribution >= 4 is 12.0 Å². The number of aryl methyl sites for hydroxylation is 1. The lowest BCUT2D eigenvalue weighted by atomic mass is 9.88. The van der Waals surface area contributed by atoms with E-state index in [-0.39, 0.29) is 17.9 Å². The van der Waals surface area contributed by atoms with Crippen molar-refractivity contribution in [1.82, 2.24) is 14.7 Å². The van der Waals surface area contributed by atoms with E-state index in [0.717, 1.165) is 12.1 Å². The molecule has 2 aromatic rings. The van der Waals surface area contributed by atoms with Crippen LogP contribution < -0.4 is 0 Å². The lowest BCUT2D eigenvalue weighted by Gasteiger charge is -2.36. The highest BCUT2D eigenvalue weighted by Crippen LogP contribution is 2.22. The molecule has 0 bridgehead atoms. The molecule has 5 nitrogen and oxygen atoms in total. The predicted molar refractivity (Wildman–Crippen MR) is 93.1 cm³/mol. The van der Waals surface area contributed by atoms with Crippen molar-refractivity contribution in [2.45, 2.75) is 18.9 Å². The summed E-state index contributed by atoms with van der Waals surface area (Å²) >= 11 is 0. The molecule has 24 heavy (non-hydrogen) atoms. The summed E-state index contributed by atoms with van der Waals surface area (Å²) in [6, 6.07) is 12.0. The van der Waals surface area contributed by atoms with E-state index >= 15 is 0 Å². The molecule has 1 saturated heterocycles. The molecule has 0 radical (unpaired) electrons. The number of piperidine rings is 1. The molecule has 1 fully saturated rings. The number of amides is 1. The number of hydrogen-bond acceptors (Lipinski definition) is 3. The van der Waals surface area contributed by atoms with Crippen LogP contribution in [0.15, 0.2) is 48.7 Å². The SMILES string of the molecule is Cn1nccc1/C=C/C(=O)N1CC[C@H](O)[C@H](Cc2ccccc2)C1. The second-order valence-electron chi connectivity index (χ2n) is 6.30. The number of aliphatic hydroxyl groups is 1. The first-order chi connectivity index (χ1) is 11.6. The molecule has 3 rings (SSSR count). The third kappa shape index (κ3) is 3.92. The molecule has 0 saturated carbocycles. The maximum atomic E-state index is 12.4. The van der Waals surface area contributed by atoms with Gasteiger partial charge in [0, 0.05) is 38.3 Å². The molecular formula is C19H23N3O2. The summed E-state index contributed by atoms with van der Waals surface area (Å²) in [6.45, 7) is 1.19. The molecule has 126 valence electrons. The Morgan fingerprint density at radius 2 is 2.12 bits per heavy atom. The van der Waals surface area contributed by atoms with Gasteiger partial charge in [0.15, 0.2) is 0 Å². The van der Waals surface area contributed by atoms with Crippen LogP contribution in [-0.2, 0) is 18.3 Å². The third-order valence-electron chi connectivity index (χ3n) is 4.60. The number of rotatable bonds is 4. The van der Waals surface area contributed by atoms with Gasteiger partial charge >= 0.3 is 0 Å². The monoisotopic (exact) mass is 325 g/mol. The molecular weight excluding hydrogens is 302 g/mol. The van der Waals surface area contributed by atoms with Crippen molar-refractivity contribution in [3.05, 3.63) is 59.9 Å². The minimum absolute atomic E-state index is 0.0128. The Balaban J connectivity index is 1.63. The van der Waals surface area contributed by atoms with Gasteiger partial charge in [0.2, 0.25) is 5.91 Å². The Hall–Kier alpha value is -2.40. The zero-order valence-electron chi connectivity index (χ0n) is 13.9. The van der Waals surface area contributed by atoms with Gasteiger partial charge in [-0.1, -0.05) is 30.3 Å². The first kappa shape index (κ1) is 16.5. The molecule has 0 spiro atoms. The number of benzene rings is 1. The van der Waals surface area contributed by atoms with Crippen LogP contribution in [0.25, 0.3) is 6.08 Å². The molecule has 1 aromatic carbocycles. The van der Waals surface area contributed by atoms with Crippen molar-refractivity contribution in [3.63, 3.8) is 0 Å².